The van der Waals surface area contributed by atoms with Gasteiger partial charge in [-0.3, -0.25) is 0 Å². The molecule has 2 rings (SSSR count). The number of phenolic OH excluding ortho intramolecular Hbond substituents is 1. The van der Waals surface area contributed by atoms with Crippen LogP contribution in [-0.2, 0) is 0 Å². The molecule has 2 aromatic carbocycles. The number of rotatable bonds is 3. The van der Waals surface area contributed by atoms with Crippen LogP contribution in [0.4, 0.5) is 17.6 Å². The summed E-state index contributed by atoms with van der Waals surface area (Å²) in [6, 6.07) is 5.86. The molecule has 23 heavy (non-hydrogen) atoms. The smallest absolute Gasteiger partial charge is 0.505 e. The summed E-state index contributed by atoms with van der Waals surface area (Å²) in [4.78, 5) is 0. The number of halogens is 6. The lowest BCUT2D eigenvalue weighted by Gasteiger charge is -2.17. The molecule has 126 valence electrons. The maximum Gasteiger partial charge on any atom is 0.573 e. The Bertz CT molecular complexity index is 678. The van der Waals surface area contributed by atoms with Gasteiger partial charge in [-0.2, -0.15) is 0 Å². The van der Waals surface area contributed by atoms with E-state index in [1.165, 1.54) is 18.2 Å². The average Bonchev–Trinajstić information content (AvgIpc) is 2.42. The fraction of sp³-hybridized carbons (Fsp3) is 0.143. The van der Waals surface area contributed by atoms with E-state index in [0.29, 0.717) is 5.56 Å². The Labute approximate surface area is 140 Å². The quantitative estimate of drug-likeness (QED) is 0.778. The third kappa shape index (κ3) is 4.63. The van der Waals surface area contributed by atoms with Crippen LogP contribution in [0.25, 0.3) is 0 Å². The molecule has 0 aliphatic heterocycles. The summed E-state index contributed by atoms with van der Waals surface area (Å²) in [7, 11) is 0. The topological polar surface area (TPSA) is 55.5 Å². The molecule has 0 unspecified atom stereocenters. The highest BCUT2D eigenvalue weighted by atomic mass is 35.5. The zero-order valence-electron chi connectivity index (χ0n) is 11.3. The second kappa shape index (κ2) is 7.25. The summed E-state index contributed by atoms with van der Waals surface area (Å²) >= 11 is 5.88. The Morgan fingerprint density at radius 1 is 1.09 bits per heavy atom. The van der Waals surface area contributed by atoms with Crippen molar-refractivity contribution in [2.45, 2.75) is 12.4 Å². The van der Waals surface area contributed by atoms with Crippen molar-refractivity contribution >= 4 is 24.0 Å². The highest BCUT2D eigenvalue weighted by molar-refractivity contribution is 6.31. The SMILES string of the molecule is Cl.N[C@H](c1ccc(OC(F)(F)F)cc1)c1c(Cl)ccc(F)c1O. The van der Waals surface area contributed by atoms with Gasteiger partial charge in [0.15, 0.2) is 11.6 Å². The fourth-order valence-corrected chi connectivity index (χ4v) is 2.17. The predicted molar refractivity (Wildman–Crippen MR) is 79.5 cm³/mol. The number of aromatic hydroxyl groups is 1. The van der Waals surface area contributed by atoms with Gasteiger partial charge in [-0.1, -0.05) is 23.7 Å². The van der Waals surface area contributed by atoms with E-state index in [1.807, 2.05) is 0 Å². The highest BCUT2D eigenvalue weighted by Crippen LogP contribution is 2.36. The Hall–Kier alpha value is -1.70. The second-order valence-corrected chi connectivity index (χ2v) is 4.79. The van der Waals surface area contributed by atoms with Crippen molar-refractivity contribution in [3.05, 3.63) is 58.4 Å². The minimum absolute atomic E-state index is 0. The summed E-state index contributed by atoms with van der Waals surface area (Å²) in [6.07, 6.45) is -4.80. The summed E-state index contributed by atoms with van der Waals surface area (Å²) in [6.45, 7) is 0. The van der Waals surface area contributed by atoms with Gasteiger partial charge in [0.2, 0.25) is 0 Å². The van der Waals surface area contributed by atoms with Gasteiger partial charge in [0.25, 0.3) is 0 Å². The molecule has 0 heterocycles. The molecular formula is C14H11Cl2F4NO2. The molecule has 2 aromatic rings. The van der Waals surface area contributed by atoms with Gasteiger partial charge in [-0.25, -0.2) is 4.39 Å². The minimum atomic E-state index is -4.80. The third-order valence-electron chi connectivity index (χ3n) is 2.90. The Morgan fingerprint density at radius 3 is 2.17 bits per heavy atom. The largest absolute Gasteiger partial charge is 0.573 e. The number of hydrogen-bond acceptors (Lipinski definition) is 3. The van der Waals surface area contributed by atoms with Crippen LogP contribution in [0.5, 0.6) is 11.5 Å². The van der Waals surface area contributed by atoms with Gasteiger partial charge in [0.1, 0.15) is 5.75 Å². The first-order valence-electron chi connectivity index (χ1n) is 5.97. The molecule has 1 atom stereocenters. The van der Waals surface area contributed by atoms with Crippen LogP contribution in [0, 0.1) is 5.82 Å². The molecule has 0 saturated heterocycles. The molecule has 3 nitrogen and oxygen atoms in total. The maximum absolute atomic E-state index is 13.4. The van der Waals surface area contributed by atoms with Gasteiger partial charge in [-0.15, -0.1) is 25.6 Å². The Kier molecular flexibility index (Phi) is 6.10. The average molecular weight is 372 g/mol. The number of benzene rings is 2. The minimum Gasteiger partial charge on any atom is -0.505 e. The third-order valence-corrected chi connectivity index (χ3v) is 3.23. The van der Waals surface area contributed by atoms with Crippen LogP contribution >= 0.6 is 24.0 Å². The number of nitrogens with two attached hydrogens (primary N) is 1. The van der Waals surface area contributed by atoms with Gasteiger partial charge < -0.3 is 15.6 Å². The van der Waals surface area contributed by atoms with Crippen LogP contribution in [-0.4, -0.2) is 11.5 Å². The molecule has 0 saturated carbocycles. The molecular weight excluding hydrogens is 361 g/mol. The molecule has 0 radical (unpaired) electrons. The molecule has 0 bridgehead atoms. The number of phenols is 1. The lowest BCUT2D eigenvalue weighted by Crippen LogP contribution is -2.17. The van der Waals surface area contributed by atoms with Crippen LogP contribution < -0.4 is 10.5 Å². The van der Waals surface area contributed by atoms with Crippen LogP contribution in [0.2, 0.25) is 5.02 Å². The van der Waals surface area contributed by atoms with Crippen LogP contribution in [0.3, 0.4) is 0 Å². The Balaban J connectivity index is 0.00000264. The number of hydrogen-bond donors (Lipinski definition) is 2. The monoisotopic (exact) mass is 371 g/mol. The highest BCUT2D eigenvalue weighted by Gasteiger charge is 2.31. The van der Waals surface area contributed by atoms with Crippen molar-refractivity contribution in [3.63, 3.8) is 0 Å². The molecule has 0 aliphatic rings. The van der Waals surface area contributed by atoms with Crippen molar-refractivity contribution in [1.29, 1.82) is 0 Å². The van der Waals surface area contributed by atoms with Crippen molar-refractivity contribution in [3.8, 4) is 11.5 Å². The fourth-order valence-electron chi connectivity index (χ4n) is 1.90. The molecule has 0 aromatic heterocycles. The van der Waals surface area contributed by atoms with Gasteiger partial charge >= 0.3 is 6.36 Å². The van der Waals surface area contributed by atoms with Gasteiger partial charge in [0.05, 0.1) is 6.04 Å². The number of ether oxygens (including phenoxy) is 1. The van der Waals surface area contributed by atoms with Crippen LogP contribution in [0.1, 0.15) is 17.2 Å². The van der Waals surface area contributed by atoms with Crippen molar-refractivity contribution in [2.24, 2.45) is 5.73 Å². The summed E-state index contributed by atoms with van der Waals surface area (Å²) in [5.74, 6) is -2.01. The molecule has 0 amide bonds. The maximum atomic E-state index is 13.4. The van der Waals surface area contributed by atoms with E-state index in [9.17, 15) is 22.7 Å². The summed E-state index contributed by atoms with van der Waals surface area (Å²) < 4.78 is 53.3. The summed E-state index contributed by atoms with van der Waals surface area (Å²) in [5, 5.41) is 9.75. The van der Waals surface area contributed by atoms with E-state index in [0.717, 1.165) is 18.2 Å². The van der Waals surface area contributed by atoms with Gasteiger partial charge in [-0.05, 0) is 29.8 Å². The predicted octanol–water partition coefficient (Wildman–Crippen LogP) is 4.55. The number of alkyl halides is 3. The van der Waals surface area contributed by atoms with Crippen LogP contribution in [0.15, 0.2) is 36.4 Å². The zero-order valence-corrected chi connectivity index (χ0v) is 12.8. The van der Waals surface area contributed by atoms with Crippen molar-refractivity contribution < 1.29 is 27.4 Å². The first kappa shape index (κ1) is 19.3. The van der Waals surface area contributed by atoms with E-state index < -0.39 is 29.7 Å². The molecule has 9 heteroatoms. The van der Waals surface area contributed by atoms with Crippen molar-refractivity contribution in [2.75, 3.05) is 0 Å². The lowest BCUT2D eigenvalue weighted by molar-refractivity contribution is -0.274. The first-order chi connectivity index (χ1) is 10.2. The molecule has 0 aliphatic carbocycles. The summed E-state index contributed by atoms with van der Waals surface area (Å²) in [5.41, 5.74) is 6.17. The van der Waals surface area contributed by atoms with E-state index >= 15 is 0 Å². The molecule has 0 fully saturated rings. The molecule has 0 spiro atoms. The lowest BCUT2D eigenvalue weighted by atomic mass is 9.98. The van der Waals surface area contributed by atoms with E-state index in [-0.39, 0.29) is 23.0 Å². The molecule has 3 N–H and O–H groups in total. The normalized spacial score (nSPS) is 12.4. The van der Waals surface area contributed by atoms with Crippen molar-refractivity contribution in [1.82, 2.24) is 0 Å². The Morgan fingerprint density at radius 2 is 1.65 bits per heavy atom. The zero-order chi connectivity index (χ0) is 16.5. The van der Waals surface area contributed by atoms with E-state index in [2.05, 4.69) is 4.74 Å². The van der Waals surface area contributed by atoms with E-state index in [1.54, 1.807) is 0 Å². The first-order valence-corrected chi connectivity index (χ1v) is 6.35. The van der Waals surface area contributed by atoms with E-state index in [4.69, 9.17) is 17.3 Å². The standard InChI is InChI=1S/C14H10ClF4NO2.ClH/c15-9-5-6-10(16)13(21)11(9)12(20)7-1-3-8(4-2-7)22-14(17,18)19;/h1-6,12,21H,20H2;1H/t12-;/m1./s1. The second-order valence-electron chi connectivity index (χ2n) is 4.39. The van der Waals surface area contributed by atoms with Gasteiger partial charge in [0, 0.05) is 10.6 Å².